The van der Waals surface area contributed by atoms with Crippen LogP contribution in [0, 0.1) is 0 Å². The topological polar surface area (TPSA) is 61.6 Å². The van der Waals surface area contributed by atoms with E-state index in [0.717, 1.165) is 5.57 Å². The van der Waals surface area contributed by atoms with Gasteiger partial charge in [0.15, 0.2) is 16.9 Å². The first-order chi connectivity index (χ1) is 12.7. The molecule has 0 bridgehead atoms. The Bertz CT molecular complexity index is 1010. The van der Waals surface area contributed by atoms with E-state index in [1.165, 1.54) is 6.26 Å². The Morgan fingerprint density at radius 2 is 1.96 bits per heavy atom. The Morgan fingerprint density at radius 1 is 1.08 bits per heavy atom. The first-order valence-corrected chi connectivity index (χ1v) is 8.34. The van der Waals surface area contributed by atoms with E-state index in [1.54, 1.807) is 18.3 Å². The fraction of sp³-hybridized carbons (Fsp3) is 0.143. The van der Waals surface area contributed by atoms with Crippen molar-refractivity contribution in [3.8, 4) is 22.8 Å². The zero-order valence-electron chi connectivity index (χ0n) is 14.1. The largest absolute Gasteiger partial charge is 0.486 e. The number of allylic oxidation sites excluding steroid dienone is 6. The summed E-state index contributed by atoms with van der Waals surface area (Å²) in [6, 6.07) is 1.73. The van der Waals surface area contributed by atoms with E-state index >= 15 is 0 Å². The minimum absolute atomic E-state index is 0.134. The van der Waals surface area contributed by atoms with Gasteiger partial charge in [-0.1, -0.05) is 37.0 Å². The summed E-state index contributed by atoms with van der Waals surface area (Å²) in [5, 5.41) is 0. The summed E-state index contributed by atoms with van der Waals surface area (Å²) in [6.45, 7) is 4.82. The minimum Gasteiger partial charge on any atom is -0.486 e. The normalized spacial score (nSPS) is 19.3. The molecular formula is C21H17NO4. The fourth-order valence-electron chi connectivity index (χ4n) is 2.87. The van der Waals surface area contributed by atoms with Crippen LogP contribution in [-0.2, 0) is 6.42 Å². The lowest BCUT2D eigenvalue weighted by molar-refractivity contribution is 0.171. The maximum absolute atomic E-state index is 13.1. The molecule has 0 N–H and O–H groups in total. The molecule has 0 radical (unpaired) electrons. The van der Waals surface area contributed by atoms with E-state index in [2.05, 4.69) is 11.6 Å². The van der Waals surface area contributed by atoms with Crippen molar-refractivity contribution in [2.24, 2.45) is 0 Å². The van der Waals surface area contributed by atoms with Crippen LogP contribution in [0.1, 0.15) is 11.3 Å². The number of fused-ring (bicyclic) bond motifs is 2. The van der Waals surface area contributed by atoms with Crippen LogP contribution in [0.5, 0.6) is 11.5 Å². The van der Waals surface area contributed by atoms with Crippen LogP contribution in [0.2, 0.25) is 0 Å². The molecule has 0 amide bonds. The first kappa shape index (κ1) is 16.1. The van der Waals surface area contributed by atoms with Gasteiger partial charge in [-0.15, -0.1) is 0 Å². The molecule has 0 spiro atoms. The molecule has 0 unspecified atom stereocenters. The first-order valence-electron chi connectivity index (χ1n) is 8.34. The standard InChI is InChI=1S/C21H17NO4/c1-14-5-3-2-4-6-15-17(8-7-14)26-13-16(20(15)23)19-21-18(9-10-22-19)24-11-12-25-21/h2-5,7-10,13H,1,6,11-12H2/b4-2-,5-3-,8-7-. The van der Waals surface area contributed by atoms with E-state index < -0.39 is 0 Å². The predicted molar refractivity (Wildman–Crippen MR) is 99.4 cm³/mol. The summed E-state index contributed by atoms with van der Waals surface area (Å²) < 4.78 is 17.0. The highest BCUT2D eigenvalue weighted by Gasteiger charge is 2.22. The van der Waals surface area contributed by atoms with Gasteiger partial charge in [0.05, 0.1) is 5.56 Å². The van der Waals surface area contributed by atoms with Crippen LogP contribution < -0.4 is 14.9 Å². The average Bonchev–Trinajstić information content (AvgIpc) is 2.67. The second-order valence-corrected chi connectivity index (χ2v) is 5.90. The zero-order valence-corrected chi connectivity index (χ0v) is 14.1. The van der Waals surface area contributed by atoms with E-state index in [-0.39, 0.29) is 5.43 Å². The van der Waals surface area contributed by atoms with Crippen LogP contribution in [0.4, 0.5) is 0 Å². The van der Waals surface area contributed by atoms with Crippen molar-refractivity contribution >= 4 is 6.08 Å². The zero-order chi connectivity index (χ0) is 17.9. The molecule has 0 saturated carbocycles. The molecule has 0 saturated heterocycles. The van der Waals surface area contributed by atoms with Crippen LogP contribution in [0.25, 0.3) is 17.3 Å². The Morgan fingerprint density at radius 3 is 2.88 bits per heavy atom. The van der Waals surface area contributed by atoms with Crippen molar-refractivity contribution in [1.29, 1.82) is 0 Å². The van der Waals surface area contributed by atoms with Gasteiger partial charge in [0.1, 0.15) is 30.9 Å². The van der Waals surface area contributed by atoms with E-state index in [4.69, 9.17) is 13.9 Å². The van der Waals surface area contributed by atoms with Crippen molar-refractivity contribution in [2.75, 3.05) is 13.2 Å². The highest BCUT2D eigenvalue weighted by molar-refractivity contribution is 5.70. The number of aromatic nitrogens is 1. The van der Waals surface area contributed by atoms with Crippen molar-refractivity contribution in [3.63, 3.8) is 0 Å². The highest BCUT2D eigenvalue weighted by atomic mass is 16.6. The summed E-state index contributed by atoms with van der Waals surface area (Å²) in [4.78, 5) is 17.5. The van der Waals surface area contributed by atoms with Gasteiger partial charge in [0.25, 0.3) is 0 Å². The molecule has 2 aromatic rings. The van der Waals surface area contributed by atoms with Gasteiger partial charge in [-0.2, -0.15) is 0 Å². The smallest absolute Gasteiger partial charge is 0.198 e. The Kier molecular flexibility index (Phi) is 4.27. The van der Waals surface area contributed by atoms with Crippen LogP contribution >= 0.6 is 0 Å². The molecule has 26 heavy (non-hydrogen) atoms. The Hall–Kier alpha value is -3.34. The summed E-state index contributed by atoms with van der Waals surface area (Å²) in [7, 11) is 0. The number of nitrogens with zero attached hydrogens (tertiary/aromatic N) is 1. The SMILES string of the molecule is C=C1/C=C\C=C/Cc2c(occ(-c3nccc4c3OCCO4)c2=O)/C=C\1. The second-order valence-electron chi connectivity index (χ2n) is 5.90. The average molecular weight is 347 g/mol. The number of hydrogen-bond acceptors (Lipinski definition) is 5. The highest BCUT2D eigenvalue weighted by Crippen LogP contribution is 2.37. The van der Waals surface area contributed by atoms with E-state index in [1.807, 2.05) is 30.4 Å². The summed E-state index contributed by atoms with van der Waals surface area (Å²) >= 11 is 0. The quantitative estimate of drug-likeness (QED) is 0.787. The number of rotatable bonds is 1. The van der Waals surface area contributed by atoms with Gasteiger partial charge in [-0.25, -0.2) is 0 Å². The van der Waals surface area contributed by atoms with Crippen molar-refractivity contribution in [1.82, 2.24) is 4.98 Å². The van der Waals surface area contributed by atoms with Gasteiger partial charge in [0.2, 0.25) is 0 Å². The molecule has 5 nitrogen and oxygen atoms in total. The molecule has 0 atom stereocenters. The van der Waals surface area contributed by atoms with E-state index in [0.29, 0.717) is 53.7 Å². The lowest BCUT2D eigenvalue weighted by Gasteiger charge is -2.20. The van der Waals surface area contributed by atoms with Gasteiger partial charge in [0, 0.05) is 17.8 Å². The van der Waals surface area contributed by atoms with Gasteiger partial charge in [-0.3, -0.25) is 9.78 Å². The number of pyridine rings is 1. The van der Waals surface area contributed by atoms with Gasteiger partial charge < -0.3 is 13.9 Å². The third-order valence-electron chi connectivity index (χ3n) is 4.16. The lowest BCUT2D eigenvalue weighted by Crippen LogP contribution is -2.18. The third kappa shape index (κ3) is 2.99. The van der Waals surface area contributed by atoms with Crippen LogP contribution in [-0.4, -0.2) is 18.2 Å². The maximum atomic E-state index is 13.1. The molecule has 0 aromatic carbocycles. The van der Waals surface area contributed by atoms with E-state index in [9.17, 15) is 4.79 Å². The lowest BCUT2D eigenvalue weighted by atomic mass is 10.0. The summed E-state index contributed by atoms with van der Waals surface area (Å²) in [5.74, 6) is 1.58. The van der Waals surface area contributed by atoms with Gasteiger partial charge in [-0.05, 0) is 18.1 Å². The minimum atomic E-state index is -0.134. The molecule has 4 rings (SSSR count). The molecule has 0 fully saturated rings. The summed E-state index contributed by atoms with van der Waals surface area (Å²) in [6.07, 6.45) is 14.7. The van der Waals surface area contributed by atoms with Crippen LogP contribution in [0.15, 0.2) is 70.3 Å². The molecule has 2 aromatic heterocycles. The molecule has 5 heteroatoms. The molecule has 130 valence electrons. The number of hydrogen-bond donors (Lipinski definition) is 0. The Labute approximate surface area is 150 Å². The summed E-state index contributed by atoms with van der Waals surface area (Å²) in [5.41, 5.74) is 2.05. The molecule has 3 heterocycles. The molecule has 1 aliphatic heterocycles. The van der Waals surface area contributed by atoms with Crippen LogP contribution in [0.3, 0.4) is 0 Å². The Balaban J connectivity index is 1.87. The number of ether oxygens (including phenoxy) is 2. The van der Waals surface area contributed by atoms with Crippen molar-refractivity contribution in [2.45, 2.75) is 6.42 Å². The molecular weight excluding hydrogens is 330 g/mol. The predicted octanol–water partition coefficient (Wildman–Crippen LogP) is 3.71. The maximum Gasteiger partial charge on any atom is 0.198 e. The fourth-order valence-corrected chi connectivity index (χ4v) is 2.87. The van der Waals surface area contributed by atoms with Crippen molar-refractivity contribution in [3.05, 3.63) is 82.6 Å². The molecule has 2 aliphatic rings. The second kappa shape index (κ2) is 6.88. The third-order valence-corrected chi connectivity index (χ3v) is 4.16. The molecule has 1 aliphatic carbocycles. The monoisotopic (exact) mass is 347 g/mol. The van der Waals surface area contributed by atoms with Crippen molar-refractivity contribution < 1.29 is 13.9 Å². The van der Waals surface area contributed by atoms with Gasteiger partial charge >= 0.3 is 0 Å².